The highest BCUT2D eigenvalue weighted by molar-refractivity contribution is 6.72. The summed E-state index contributed by atoms with van der Waals surface area (Å²) in [5, 5.41) is -0.280. The highest BCUT2D eigenvalue weighted by Gasteiger charge is 2.55. The van der Waals surface area contributed by atoms with Crippen molar-refractivity contribution >= 4 is 8.56 Å². The molecule has 0 saturated carbocycles. The highest BCUT2D eigenvalue weighted by Crippen LogP contribution is 2.49. The van der Waals surface area contributed by atoms with Crippen LogP contribution in [0.15, 0.2) is 0 Å². The molecule has 92 valence electrons. The van der Waals surface area contributed by atoms with Gasteiger partial charge in [0.15, 0.2) is 0 Å². The average Bonchev–Trinajstić information content (AvgIpc) is 2.00. The lowest BCUT2D eigenvalue weighted by Gasteiger charge is -2.45. The lowest BCUT2D eigenvalue weighted by Crippen LogP contribution is -2.55. The minimum absolute atomic E-state index is 0.140. The van der Waals surface area contributed by atoms with Crippen LogP contribution >= 0.6 is 0 Å². The summed E-state index contributed by atoms with van der Waals surface area (Å²) >= 11 is 0. The van der Waals surface area contributed by atoms with Crippen LogP contribution in [0.2, 0.25) is 10.1 Å². The van der Waals surface area contributed by atoms with Crippen LogP contribution in [-0.4, -0.2) is 20.0 Å². The van der Waals surface area contributed by atoms with E-state index in [0.717, 1.165) is 12.8 Å². The second-order valence-corrected chi connectivity index (χ2v) is 10.9. The molecule has 0 fully saturated rings. The Morgan fingerprint density at radius 3 is 1.67 bits per heavy atom. The van der Waals surface area contributed by atoms with Gasteiger partial charge in [0, 0.05) is 16.7 Å². The Kier molecular flexibility index (Phi) is 5.02. The molecule has 0 atom stereocenters. The van der Waals surface area contributed by atoms with Gasteiger partial charge in [0.05, 0.1) is 0 Å². The number of hydrogen-bond donors (Lipinski definition) is 1. The average molecular weight is 232 g/mol. The third-order valence-electron chi connectivity index (χ3n) is 2.84. The first-order valence-electron chi connectivity index (χ1n) is 5.92. The number of unbranched alkanes of at least 4 members (excludes halogenated alkanes) is 1. The van der Waals surface area contributed by atoms with Crippen molar-refractivity contribution in [1.29, 1.82) is 0 Å². The van der Waals surface area contributed by atoms with Gasteiger partial charge in [-0.1, -0.05) is 54.9 Å². The van der Waals surface area contributed by atoms with Crippen molar-refractivity contribution in [3.8, 4) is 0 Å². The summed E-state index contributed by atoms with van der Waals surface area (Å²) in [5.41, 5.74) is 0. The van der Waals surface area contributed by atoms with Gasteiger partial charge >= 0.3 is 8.56 Å². The van der Waals surface area contributed by atoms with Crippen molar-refractivity contribution in [2.24, 2.45) is 0 Å². The monoisotopic (exact) mass is 232 g/mol. The minimum atomic E-state index is -2.69. The summed E-state index contributed by atoms with van der Waals surface area (Å²) in [5.74, 6) is 0. The fourth-order valence-electron chi connectivity index (χ4n) is 1.92. The van der Waals surface area contributed by atoms with Crippen molar-refractivity contribution in [3.63, 3.8) is 0 Å². The molecule has 0 amide bonds. The maximum absolute atomic E-state index is 10.8. The van der Waals surface area contributed by atoms with Gasteiger partial charge in [0.1, 0.15) is 0 Å². The molecule has 0 bridgehead atoms. The van der Waals surface area contributed by atoms with Gasteiger partial charge in [-0.3, -0.25) is 0 Å². The highest BCUT2D eigenvalue weighted by atomic mass is 28.4. The Labute approximate surface area is 96.3 Å². The van der Waals surface area contributed by atoms with E-state index in [1.54, 1.807) is 0 Å². The van der Waals surface area contributed by atoms with Crippen LogP contribution in [0.5, 0.6) is 0 Å². The quantitative estimate of drug-likeness (QED) is 0.589. The minimum Gasteiger partial charge on any atom is -0.410 e. The maximum Gasteiger partial charge on any atom is 0.346 e. The van der Waals surface area contributed by atoms with Crippen LogP contribution in [-0.2, 0) is 4.43 Å². The first-order chi connectivity index (χ1) is 6.56. The van der Waals surface area contributed by atoms with Crippen LogP contribution in [0.25, 0.3) is 0 Å². The van der Waals surface area contributed by atoms with E-state index >= 15 is 0 Å². The molecule has 0 heterocycles. The van der Waals surface area contributed by atoms with Gasteiger partial charge < -0.3 is 9.22 Å². The molecule has 0 aromatic rings. The third kappa shape index (κ3) is 3.57. The smallest absolute Gasteiger partial charge is 0.346 e. The number of hydrogen-bond acceptors (Lipinski definition) is 2. The van der Waals surface area contributed by atoms with Crippen molar-refractivity contribution in [1.82, 2.24) is 0 Å². The normalized spacial score (nSPS) is 14.4. The Bertz CT molecular complexity index is 175. The Morgan fingerprint density at radius 1 is 1.00 bits per heavy atom. The zero-order valence-electron chi connectivity index (χ0n) is 11.5. The molecule has 0 spiro atoms. The fourth-order valence-corrected chi connectivity index (χ4v) is 5.48. The summed E-state index contributed by atoms with van der Waals surface area (Å²) in [6.07, 6.45) is 2.14. The summed E-state index contributed by atoms with van der Waals surface area (Å²) in [6.45, 7) is 15.3. The van der Waals surface area contributed by atoms with Gasteiger partial charge in [0.2, 0.25) is 0 Å². The standard InChI is InChI=1S/C12H28O2Si/c1-8-9-10-14-15(13,11(2,3)4)12(5,6)7/h13H,8-10H2,1-7H3. The van der Waals surface area contributed by atoms with Crippen molar-refractivity contribution in [2.45, 2.75) is 71.4 Å². The SMILES string of the molecule is CCCCO[Si](O)(C(C)(C)C)C(C)(C)C. The first-order valence-corrected chi connectivity index (χ1v) is 7.78. The molecule has 3 heteroatoms. The molecular formula is C12H28O2Si. The Balaban J connectivity index is 4.74. The van der Waals surface area contributed by atoms with Crippen LogP contribution in [0.1, 0.15) is 61.3 Å². The van der Waals surface area contributed by atoms with Gasteiger partial charge in [0.25, 0.3) is 0 Å². The maximum atomic E-state index is 10.8. The predicted octanol–water partition coefficient (Wildman–Crippen LogP) is 3.84. The van der Waals surface area contributed by atoms with Gasteiger partial charge in [-0.15, -0.1) is 0 Å². The van der Waals surface area contributed by atoms with Crippen LogP contribution in [0, 0.1) is 0 Å². The van der Waals surface area contributed by atoms with E-state index in [0.29, 0.717) is 6.61 Å². The molecule has 15 heavy (non-hydrogen) atoms. The van der Waals surface area contributed by atoms with Crippen molar-refractivity contribution in [2.75, 3.05) is 6.61 Å². The molecule has 0 aliphatic carbocycles. The van der Waals surface area contributed by atoms with E-state index < -0.39 is 8.56 Å². The van der Waals surface area contributed by atoms with E-state index in [-0.39, 0.29) is 10.1 Å². The fraction of sp³-hybridized carbons (Fsp3) is 1.00. The van der Waals surface area contributed by atoms with E-state index in [4.69, 9.17) is 4.43 Å². The first kappa shape index (κ1) is 15.1. The van der Waals surface area contributed by atoms with Gasteiger partial charge in [-0.05, 0) is 6.42 Å². The molecule has 1 N–H and O–H groups in total. The van der Waals surface area contributed by atoms with Crippen LogP contribution < -0.4 is 0 Å². The van der Waals surface area contributed by atoms with Crippen molar-refractivity contribution in [3.05, 3.63) is 0 Å². The second kappa shape index (κ2) is 4.98. The van der Waals surface area contributed by atoms with E-state index in [2.05, 4.69) is 48.5 Å². The summed E-state index contributed by atoms with van der Waals surface area (Å²) < 4.78 is 5.89. The Hall–Kier alpha value is 0.137. The third-order valence-corrected chi connectivity index (χ3v) is 7.53. The molecular weight excluding hydrogens is 204 g/mol. The van der Waals surface area contributed by atoms with E-state index in [9.17, 15) is 4.80 Å². The lowest BCUT2D eigenvalue weighted by molar-refractivity contribution is 0.176. The summed E-state index contributed by atoms with van der Waals surface area (Å²) in [7, 11) is -2.69. The van der Waals surface area contributed by atoms with E-state index in [1.807, 2.05) is 0 Å². The van der Waals surface area contributed by atoms with Gasteiger partial charge in [-0.2, -0.15) is 0 Å². The van der Waals surface area contributed by atoms with Gasteiger partial charge in [-0.25, -0.2) is 0 Å². The molecule has 0 unspecified atom stereocenters. The molecule has 0 aromatic carbocycles. The molecule has 0 aromatic heterocycles. The molecule has 0 saturated heterocycles. The second-order valence-electron chi connectivity index (χ2n) is 6.35. The zero-order valence-corrected chi connectivity index (χ0v) is 12.5. The topological polar surface area (TPSA) is 29.5 Å². The van der Waals surface area contributed by atoms with Crippen molar-refractivity contribution < 1.29 is 9.22 Å². The molecule has 0 rings (SSSR count). The largest absolute Gasteiger partial charge is 0.410 e. The summed E-state index contributed by atoms with van der Waals surface area (Å²) in [6, 6.07) is 0. The molecule has 0 radical (unpaired) electrons. The summed E-state index contributed by atoms with van der Waals surface area (Å²) in [4.78, 5) is 10.8. The van der Waals surface area contributed by atoms with E-state index in [1.165, 1.54) is 0 Å². The van der Waals surface area contributed by atoms with Crippen LogP contribution in [0.4, 0.5) is 0 Å². The predicted molar refractivity (Wildman–Crippen MR) is 68.3 cm³/mol. The molecule has 2 nitrogen and oxygen atoms in total. The van der Waals surface area contributed by atoms with Crippen LogP contribution in [0.3, 0.4) is 0 Å². The Morgan fingerprint density at radius 2 is 1.40 bits per heavy atom. The molecule has 0 aliphatic heterocycles. The number of rotatable bonds is 4. The lowest BCUT2D eigenvalue weighted by atomic mass is 10.2. The molecule has 0 aliphatic rings. The zero-order chi connectivity index (χ0) is 12.3.